The number of hydrogen-bond acceptors (Lipinski definition) is 5. The van der Waals surface area contributed by atoms with E-state index in [1.54, 1.807) is 7.11 Å². The highest BCUT2D eigenvalue weighted by Gasteiger charge is 2.38. The van der Waals surface area contributed by atoms with Gasteiger partial charge in [-0.05, 0) is 26.3 Å². The van der Waals surface area contributed by atoms with Crippen molar-refractivity contribution in [3.8, 4) is 0 Å². The molecule has 0 aromatic heterocycles. The maximum Gasteiger partial charge on any atom is 0.191 e. The fraction of sp³-hybridized carbons (Fsp3) is 0.950. The average Bonchev–Trinajstić information content (AvgIpc) is 2.72. The van der Waals surface area contributed by atoms with E-state index in [9.17, 15) is 0 Å². The van der Waals surface area contributed by atoms with Crippen LogP contribution in [0.15, 0.2) is 4.99 Å². The van der Waals surface area contributed by atoms with E-state index in [4.69, 9.17) is 9.47 Å². The van der Waals surface area contributed by atoms with Crippen molar-refractivity contribution in [2.24, 2.45) is 4.99 Å². The van der Waals surface area contributed by atoms with Gasteiger partial charge in [0.2, 0.25) is 0 Å². The van der Waals surface area contributed by atoms with E-state index in [1.807, 2.05) is 7.05 Å². The highest BCUT2D eigenvalue weighted by atomic mass is 16.5. The van der Waals surface area contributed by atoms with Crippen molar-refractivity contribution in [1.29, 1.82) is 0 Å². The Bertz CT molecular complexity index is 421. The summed E-state index contributed by atoms with van der Waals surface area (Å²) in [5.74, 6) is 0.915. The lowest BCUT2D eigenvalue weighted by Gasteiger charge is -2.48. The predicted molar refractivity (Wildman–Crippen MR) is 112 cm³/mol. The van der Waals surface area contributed by atoms with Gasteiger partial charge in [0.15, 0.2) is 5.96 Å². The number of aliphatic imine (C=N–C) groups is 1. The molecule has 158 valence electrons. The lowest BCUT2D eigenvalue weighted by atomic mass is 9.80. The van der Waals surface area contributed by atoms with Crippen LogP contribution in [0.1, 0.15) is 38.5 Å². The Kier molecular flexibility index (Phi) is 10.4. The third-order valence-electron chi connectivity index (χ3n) is 5.95. The number of rotatable bonds is 10. The van der Waals surface area contributed by atoms with Gasteiger partial charge in [0.1, 0.15) is 0 Å². The summed E-state index contributed by atoms with van der Waals surface area (Å²) in [4.78, 5) is 9.43. The first kappa shape index (κ1) is 22.4. The van der Waals surface area contributed by atoms with Crippen molar-refractivity contribution in [2.45, 2.75) is 44.1 Å². The van der Waals surface area contributed by atoms with Crippen LogP contribution in [0.3, 0.4) is 0 Å². The number of morpholine rings is 1. The van der Waals surface area contributed by atoms with E-state index in [1.165, 1.54) is 32.1 Å². The largest absolute Gasteiger partial charge is 0.385 e. The molecule has 0 atom stereocenters. The van der Waals surface area contributed by atoms with Gasteiger partial charge in [0, 0.05) is 65.6 Å². The molecule has 2 fully saturated rings. The summed E-state index contributed by atoms with van der Waals surface area (Å²) < 4.78 is 10.7. The molecule has 2 N–H and O–H groups in total. The van der Waals surface area contributed by atoms with E-state index in [-0.39, 0.29) is 5.54 Å². The number of likely N-dealkylation sites (N-methyl/N-ethyl adjacent to an activating group) is 1. The number of methoxy groups -OCH3 is 1. The molecule has 1 saturated carbocycles. The molecule has 2 rings (SSSR count). The molecule has 1 aliphatic heterocycles. The van der Waals surface area contributed by atoms with Crippen molar-refractivity contribution in [2.75, 3.05) is 80.3 Å². The summed E-state index contributed by atoms with van der Waals surface area (Å²) in [6.07, 6.45) is 7.66. The van der Waals surface area contributed by atoms with E-state index in [2.05, 4.69) is 32.5 Å². The summed E-state index contributed by atoms with van der Waals surface area (Å²) in [7, 11) is 5.77. The van der Waals surface area contributed by atoms with Crippen molar-refractivity contribution in [3.63, 3.8) is 0 Å². The van der Waals surface area contributed by atoms with E-state index in [0.29, 0.717) is 0 Å². The molecule has 1 heterocycles. The molecule has 0 amide bonds. The third-order valence-corrected chi connectivity index (χ3v) is 5.95. The van der Waals surface area contributed by atoms with Crippen LogP contribution in [-0.4, -0.2) is 102 Å². The van der Waals surface area contributed by atoms with Crippen LogP contribution in [0.5, 0.6) is 0 Å². The van der Waals surface area contributed by atoms with Crippen LogP contribution in [0, 0.1) is 0 Å². The topological polar surface area (TPSA) is 61.4 Å². The van der Waals surface area contributed by atoms with E-state index in [0.717, 1.165) is 71.5 Å². The molecule has 1 saturated heterocycles. The molecular weight excluding hydrogens is 342 g/mol. The van der Waals surface area contributed by atoms with Crippen LogP contribution in [0.4, 0.5) is 0 Å². The van der Waals surface area contributed by atoms with Crippen LogP contribution in [-0.2, 0) is 9.47 Å². The van der Waals surface area contributed by atoms with Gasteiger partial charge >= 0.3 is 0 Å². The normalized spacial score (nSPS) is 21.4. The highest BCUT2D eigenvalue weighted by Crippen LogP contribution is 2.33. The quantitative estimate of drug-likeness (QED) is 0.335. The molecule has 7 nitrogen and oxygen atoms in total. The Morgan fingerprint density at radius 1 is 1.15 bits per heavy atom. The maximum absolute atomic E-state index is 5.58. The van der Waals surface area contributed by atoms with Crippen LogP contribution in [0.2, 0.25) is 0 Å². The summed E-state index contributed by atoms with van der Waals surface area (Å²) >= 11 is 0. The van der Waals surface area contributed by atoms with Gasteiger partial charge < -0.3 is 25.0 Å². The van der Waals surface area contributed by atoms with Gasteiger partial charge in [0.25, 0.3) is 0 Å². The van der Waals surface area contributed by atoms with Gasteiger partial charge in [0.05, 0.1) is 13.2 Å². The average molecular weight is 384 g/mol. The summed E-state index contributed by atoms with van der Waals surface area (Å²) in [6.45, 7) is 8.59. The molecule has 27 heavy (non-hydrogen) atoms. The number of guanidine groups is 1. The minimum atomic E-state index is 0.261. The highest BCUT2D eigenvalue weighted by molar-refractivity contribution is 5.79. The Labute approximate surface area is 165 Å². The van der Waals surface area contributed by atoms with Gasteiger partial charge in [-0.15, -0.1) is 0 Å². The number of hydrogen-bond donors (Lipinski definition) is 2. The molecule has 0 aromatic rings. The molecule has 2 aliphatic rings. The maximum atomic E-state index is 5.58. The van der Waals surface area contributed by atoms with Crippen LogP contribution < -0.4 is 10.6 Å². The van der Waals surface area contributed by atoms with Gasteiger partial charge in [-0.2, -0.15) is 0 Å². The van der Waals surface area contributed by atoms with Crippen molar-refractivity contribution in [1.82, 2.24) is 20.4 Å². The second-order valence-electron chi connectivity index (χ2n) is 7.89. The Hall–Kier alpha value is -0.890. The SMILES string of the molecule is CN=C(NCCN(C)CCCOC)NCC1(N2CCOCC2)CCCCC1. The smallest absolute Gasteiger partial charge is 0.191 e. The molecule has 0 radical (unpaired) electrons. The second kappa shape index (κ2) is 12.5. The van der Waals surface area contributed by atoms with E-state index < -0.39 is 0 Å². The fourth-order valence-corrected chi connectivity index (χ4v) is 4.28. The molecule has 0 aromatic carbocycles. The lowest BCUT2D eigenvalue weighted by Crippen LogP contribution is -2.60. The summed E-state index contributed by atoms with van der Waals surface area (Å²) in [5.41, 5.74) is 0.261. The molecule has 0 bridgehead atoms. The zero-order chi connectivity index (χ0) is 19.4. The summed E-state index contributed by atoms with van der Waals surface area (Å²) in [6, 6.07) is 0. The zero-order valence-electron chi connectivity index (χ0n) is 17.8. The Morgan fingerprint density at radius 2 is 1.89 bits per heavy atom. The number of ether oxygens (including phenoxy) is 2. The molecule has 7 heteroatoms. The van der Waals surface area contributed by atoms with E-state index >= 15 is 0 Å². The first-order valence-electron chi connectivity index (χ1n) is 10.6. The first-order chi connectivity index (χ1) is 13.2. The van der Waals surface area contributed by atoms with Crippen LogP contribution in [0.25, 0.3) is 0 Å². The Morgan fingerprint density at radius 3 is 2.56 bits per heavy atom. The number of nitrogens with zero attached hydrogens (tertiary/aromatic N) is 3. The fourth-order valence-electron chi connectivity index (χ4n) is 4.28. The lowest BCUT2D eigenvalue weighted by molar-refractivity contribution is -0.0352. The molecule has 1 aliphatic carbocycles. The van der Waals surface area contributed by atoms with Gasteiger partial charge in [-0.3, -0.25) is 9.89 Å². The van der Waals surface area contributed by atoms with Crippen molar-refractivity contribution in [3.05, 3.63) is 0 Å². The minimum Gasteiger partial charge on any atom is -0.385 e. The van der Waals surface area contributed by atoms with Gasteiger partial charge in [-0.1, -0.05) is 19.3 Å². The first-order valence-corrected chi connectivity index (χ1v) is 10.6. The zero-order valence-corrected chi connectivity index (χ0v) is 17.8. The molecular formula is C20H41N5O2. The molecule has 0 unspecified atom stereocenters. The van der Waals surface area contributed by atoms with Crippen molar-refractivity contribution < 1.29 is 9.47 Å². The van der Waals surface area contributed by atoms with Crippen LogP contribution >= 0.6 is 0 Å². The minimum absolute atomic E-state index is 0.261. The standard InChI is InChI=1S/C20H41N5O2/c1-21-19(22-10-12-24(2)11-7-15-26-3)23-18-20(8-5-4-6-9-20)25-13-16-27-17-14-25/h4-18H2,1-3H3,(H2,21,22,23). The van der Waals surface area contributed by atoms with Crippen molar-refractivity contribution >= 4 is 5.96 Å². The molecule has 0 spiro atoms. The van der Waals surface area contributed by atoms with Gasteiger partial charge in [-0.25, -0.2) is 0 Å². The second-order valence-corrected chi connectivity index (χ2v) is 7.89. The summed E-state index contributed by atoms with van der Waals surface area (Å²) in [5, 5.41) is 7.09. The predicted octanol–water partition coefficient (Wildman–Crippen LogP) is 1.15. The monoisotopic (exact) mass is 383 g/mol. The number of nitrogens with one attached hydrogen (secondary N) is 2. The Balaban J connectivity index is 1.76. The third kappa shape index (κ3) is 7.56.